The minimum Gasteiger partial charge on any atom is -0.294 e. The fourth-order valence-electron chi connectivity index (χ4n) is 6.71. The van der Waals surface area contributed by atoms with E-state index in [1.54, 1.807) is 0 Å². The monoisotopic (exact) mass is 598 g/mol. The molecule has 0 fully saturated rings. The van der Waals surface area contributed by atoms with E-state index in [4.69, 9.17) is 9.97 Å². The number of aromatic nitrogens is 4. The molecule has 44 heavy (non-hydrogen) atoms. The summed E-state index contributed by atoms with van der Waals surface area (Å²) in [5, 5.41) is 7.69. The Labute approximate surface area is 259 Å². The van der Waals surface area contributed by atoms with Crippen molar-refractivity contribution in [3.8, 4) is 23.0 Å². The first kappa shape index (κ1) is 24.2. The summed E-state index contributed by atoms with van der Waals surface area (Å²) in [7, 11) is 0. The Balaban J connectivity index is 1.20. The summed E-state index contributed by atoms with van der Waals surface area (Å²) >= 11 is 3.67. The van der Waals surface area contributed by atoms with Crippen LogP contribution in [0.15, 0.2) is 133 Å². The van der Waals surface area contributed by atoms with E-state index < -0.39 is 0 Å². The van der Waals surface area contributed by atoms with Crippen molar-refractivity contribution in [1.29, 1.82) is 0 Å². The third kappa shape index (κ3) is 3.32. The van der Waals surface area contributed by atoms with E-state index in [2.05, 4.69) is 143 Å². The first-order valence-electron chi connectivity index (χ1n) is 14.6. The largest absolute Gasteiger partial charge is 0.294 e. The van der Waals surface area contributed by atoms with Gasteiger partial charge >= 0.3 is 0 Å². The number of benzene rings is 4. The van der Waals surface area contributed by atoms with Gasteiger partial charge in [-0.15, -0.1) is 22.7 Å². The number of nitrogens with zero attached hydrogens (tertiary/aromatic N) is 4. The molecule has 0 spiro atoms. The summed E-state index contributed by atoms with van der Waals surface area (Å²) in [6.45, 7) is 0. The molecule has 0 radical (unpaired) electrons. The van der Waals surface area contributed by atoms with Gasteiger partial charge in [-0.25, -0.2) is 9.97 Å². The predicted octanol–water partition coefficient (Wildman–Crippen LogP) is 10.8. The zero-order valence-electron chi connectivity index (χ0n) is 23.3. The molecular formula is C38H22N4S2. The number of pyridine rings is 2. The highest BCUT2D eigenvalue weighted by Gasteiger charge is 2.22. The average molecular weight is 599 g/mol. The van der Waals surface area contributed by atoms with Crippen LogP contribution in [0, 0.1) is 0 Å². The number of para-hydroxylation sites is 2. The molecule has 6 aromatic heterocycles. The van der Waals surface area contributed by atoms with E-state index in [0.717, 1.165) is 34.1 Å². The molecule has 0 saturated carbocycles. The summed E-state index contributed by atoms with van der Waals surface area (Å²) in [6, 6.07) is 47.1. The highest BCUT2D eigenvalue weighted by atomic mass is 32.1. The predicted molar refractivity (Wildman–Crippen MR) is 187 cm³/mol. The maximum absolute atomic E-state index is 5.28. The molecule has 0 unspecified atom stereocenters. The lowest BCUT2D eigenvalue weighted by molar-refractivity contribution is 1.06. The molecule has 0 aliphatic carbocycles. The smallest absolute Gasteiger partial charge is 0.139 e. The maximum atomic E-state index is 5.28. The standard InChI is InChI=1S/C38H22N4S2/c1-5-17-29-23(11-1)24-12-2-6-18-30(24)41(29)33-21-9-15-27(39-33)28-16-10-22-34(40-28)42-37-35(25-13-3-7-19-31(25)43-37)36-26-14-4-8-20-32(26)44-38(36)42/h1-22H. The molecule has 6 heterocycles. The molecule has 10 rings (SSSR count). The first-order valence-corrected chi connectivity index (χ1v) is 16.2. The molecule has 206 valence electrons. The van der Waals surface area contributed by atoms with Gasteiger partial charge in [-0.2, -0.15) is 0 Å². The van der Waals surface area contributed by atoms with Crippen LogP contribution in [0.25, 0.3) is 85.4 Å². The van der Waals surface area contributed by atoms with Crippen LogP contribution in [0.3, 0.4) is 0 Å². The highest BCUT2D eigenvalue weighted by molar-refractivity contribution is 7.28. The van der Waals surface area contributed by atoms with Crippen LogP contribution in [0.4, 0.5) is 0 Å². The molecule has 6 heteroatoms. The van der Waals surface area contributed by atoms with Crippen molar-refractivity contribution in [2.75, 3.05) is 0 Å². The Bertz CT molecular complexity index is 2600. The Morgan fingerprint density at radius 1 is 0.386 bits per heavy atom. The van der Waals surface area contributed by atoms with E-state index in [9.17, 15) is 0 Å². The fraction of sp³-hybridized carbons (Fsp3) is 0. The Hall–Kier alpha value is -5.30. The molecule has 10 aromatic rings. The van der Waals surface area contributed by atoms with Crippen LogP contribution in [-0.4, -0.2) is 19.1 Å². The molecule has 0 N–H and O–H groups in total. The van der Waals surface area contributed by atoms with Crippen LogP contribution >= 0.6 is 22.7 Å². The normalized spacial score (nSPS) is 12.1. The summed E-state index contributed by atoms with van der Waals surface area (Å²) in [6.07, 6.45) is 0. The molecule has 0 amide bonds. The number of hydrogen-bond acceptors (Lipinski definition) is 4. The van der Waals surface area contributed by atoms with Crippen molar-refractivity contribution in [2.24, 2.45) is 0 Å². The first-order chi connectivity index (χ1) is 21.8. The Morgan fingerprint density at radius 2 is 0.818 bits per heavy atom. The van der Waals surface area contributed by atoms with E-state index in [1.165, 1.54) is 51.4 Å². The number of fused-ring (bicyclic) bond motifs is 10. The van der Waals surface area contributed by atoms with Gasteiger partial charge < -0.3 is 0 Å². The molecule has 0 aliphatic heterocycles. The van der Waals surface area contributed by atoms with E-state index in [-0.39, 0.29) is 0 Å². The SMILES string of the molecule is c1cc(-c2cccc(-n3c4sc5ccccc5c4c4c5ccccc5sc43)n2)nc(-n2c3ccccc3c3ccccc32)c1. The second kappa shape index (κ2) is 9.10. The van der Waals surface area contributed by atoms with E-state index >= 15 is 0 Å². The van der Waals surface area contributed by atoms with Gasteiger partial charge in [0.25, 0.3) is 0 Å². The summed E-state index contributed by atoms with van der Waals surface area (Å²) in [5.74, 6) is 1.79. The lowest BCUT2D eigenvalue weighted by Gasteiger charge is -2.10. The van der Waals surface area contributed by atoms with Crippen molar-refractivity contribution >= 4 is 85.1 Å². The van der Waals surface area contributed by atoms with Crippen LogP contribution < -0.4 is 0 Å². The Morgan fingerprint density at radius 3 is 1.34 bits per heavy atom. The van der Waals surface area contributed by atoms with Gasteiger partial charge in [0, 0.05) is 41.7 Å². The van der Waals surface area contributed by atoms with Gasteiger partial charge in [0.1, 0.15) is 21.3 Å². The second-order valence-corrected chi connectivity index (χ2v) is 13.1. The van der Waals surface area contributed by atoms with E-state index in [1.807, 2.05) is 22.7 Å². The van der Waals surface area contributed by atoms with Crippen LogP contribution in [0.2, 0.25) is 0 Å². The van der Waals surface area contributed by atoms with Crippen LogP contribution in [0.1, 0.15) is 0 Å². The molecule has 0 atom stereocenters. The minimum atomic E-state index is 0.846. The Kier molecular flexibility index (Phi) is 5.00. The fourth-order valence-corrected chi connectivity index (χ4v) is 9.22. The zero-order valence-corrected chi connectivity index (χ0v) is 24.9. The van der Waals surface area contributed by atoms with E-state index in [0.29, 0.717) is 0 Å². The highest BCUT2D eigenvalue weighted by Crippen LogP contribution is 2.47. The van der Waals surface area contributed by atoms with Crippen LogP contribution in [-0.2, 0) is 0 Å². The van der Waals surface area contributed by atoms with Crippen molar-refractivity contribution in [2.45, 2.75) is 0 Å². The molecule has 0 saturated heterocycles. The number of thiophene rings is 2. The second-order valence-electron chi connectivity index (χ2n) is 11.0. The molecule has 4 aromatic carbocycles. The lowest BCUT2D eigenvalue weighted by atomic mass is 10.1. The lowest BCUT2D eigenvalue weighted by Crippen LogP contribution is -2.00. The third-order valence-electron chi connectivity index (χ3n) is 8.58. The summed E-state index contributed by atoms with van der Waals surface area (Å²) < 4.78 is 7.20. The molecule has 0 bridgehead atoms. The number of hydrogen-bond donors (Lipinski definition) is 0. The van der Waals surface area contributed by atoms with Crippen molar-refractivity contribution in [3.05, 3.63) is 133 Å². The van der Waals surface area contributed by atoms with Crippen molar-refractivity contribution in [1.82, 2.24) is 19.1 Å². The van der Waals surface area contributed by atoms with Gasteiger partial charge in [-0.05, 0) is 48.5 Å². The van der Waals surface area contributed by atoms with Gasteiger partial charge in [0.15, 0.2) is 0 Å². The number of rotatable bonds is 3. The summed E-state index contributed by atoms with van der Waals surface area (Å²) in [5.41, 5.74) is 3.99. The van der Waals surface area contributed by atoms with Crippen molar-refractivity contribution < 1.29 is 0 Å². The van der Waals surface area contributed by atoms with Crippen LogP contribution in [0.5, 0.6) is 0 Å². The van der Waals surface area contributed by atoms with Gasteiger partial charge in [0.05, 0.1) is 22.4 Å². The third-order valence-corrected chi connectivity index (χ3v) is 10.9. The topological polar surface area (TPSA) is 35.6 Å². The van der Waals surface area contributed by atoms with Gasteiger partial charge in [0.2, 0.25) is 0 Å². The van der Waals surface area contributed by atoms with Gasteiger partial charge in [-0.1, -0.05) is 84.9 Å². The minimum absolute atomic E-state index is 0.846. The quantitative estimate of drug-likeness (QED) is 0.203. The zero-order chi connectivity index (χ0) is 28.8. The van der Waals surface area contributed by atoms with Gasteiger partial charge in [-0.3, -0.25) is 9.13 Å². The maximum Gasteiger partial charge on any atom is 0.139 e. The average Bonchev–Trinajstić information content (AvgIpc) is 3.81. The van der Waals surface area contributed by atoms with Crippen molar-refractivity contribution in [3.63, 3.8) is 0 Å². The molecule has 4 nitrogen and oxygen atoms in total. The summed E-state index contributed by atoms with van der Waals surface area (Å²) in [4.78, 5) is 12.9. The molecule has 0 aliphatic rings. The molecular weight excluding hydrogens is 577 g/mol.